The number of para-hydroxylation sites is 1. The summed E-state index contributed by atoms with van der Waals surface area (Å²) in [7, 11) is 0.130. The zero-order valence-corrected chi connectivity index (χ0v) is 17.2. The van der Waals surface area contributed by atoms with E-state index in [4.69, 9.17) is 4.43 Å². The number of rotatable bonds is 2. The van der Waals surface area contributed by atoms with Gasteiger partial charge in [0.2, 0.25) is 0 Å². The first-order valence-electron chi connectivity index (χ1n) is 9.80. The lowest BCUT2D eigenvalue weighted by atomic mass is 9.85. The van der Waals surface area contributed by atoms with E-state index in [0.717, 1.165) is 12.6 Å². The second-order valence-electron chi connectivity index (χ2n) is 9.04. The van der Waals surface area contributed by atoms with Crippen LogP contribution in [0.4, 0.5) is 0 Å². The Morgan fingerprint density at radius 3 is 2.64 bits per heavy atom. The summed E-state index contributed by atoms with van der Waals surface area (Å²) in [4.78, 5) is 0. The molecule has 4 heteroatoms. The number of allylic oxidation sites excluding steroid dienone is 1. The third kappa shape index (κ3) is 2.53. The molecular formula is C21H32N2OSi. The van der Waals surface area contributed by atoms with E-state index < -0.39 is 8.64 Å². The van der Waals surface area contributed by atoms with Gasteiger partial charge < -0.3 is 4.43 Å². The molecule has 0 unspecified atom stereocenters. The number of hydrogen-bond donors (Lipinski definition) is 0. The van der Waals surface area contributed by atoms with Crippen molar-refractivity contribution in [3.8, 4) is 5.75 Å². The molecule has 3 nitrogen and oxygen atoms in total. The minimum absolute atomic E-state index is 0.0984. The zero-order valence-electron chi connectivity index (χ0n) is 16.2. The highest BCUT2D eigenvalue weighted by Crippen LogP contribution is 2.48. The molecule has 2 fully saturated rings. The Labute approximate surface area is 153 Å². The van der Waals surface area contributed by atoms with E-state index in [1.54, 1.807) is 0 Å². The number of fused-ring (bicyclic) bond motifs is 4. The van der Waals surface area contributed by atoms with Gasteiger partial charge in [0.1, 0.15) is 5.75 Å². The summed E-state index contributed by atoms with van der Waals surface area (Å²) in [5.41, 5.74) is 2.82. The van der Waals surface area contributed by atoms with E-state index in [-0.39, 0.29) is 5.41 Å². The van der Waals surface area contributed by atoms with Crippen molar-refractivity contribution in [3.63, 3.8) is 0 Å². The van der Waals surface area contributed by atoms with Crippen LogP contribution in [0.3, 0.4) is 0 Å². The maximum atomic E-state index is 7.07. The van der Waals surface area contributed by atoms with Crippen LogP contribution in [0.5, 0.6) is 5.75 Å². The van der Waals surface area contributed by atoms with Gasteiger partial charge in [-0.05, 0) is 30.9 Å². The summed E-state index contributed by atoms with van der Waals surface area (Å²) >= 11 is 0. The molecule has 3 aliphatic rings. The molecule has 4 rings (SSSR count). The Morgan fingerprint density at radius 2 is 1.96 bits per heavy atom. The molecule has 1 aromatic rings. The number of benzene rings is 1. The molecule has 2 aliphatic heterocycles. The number of likely N-dealkylation sites (N-methyl/N-ethyl adjacent to an activating group) is 1. The molecule has 0 bridgehead atoms. The van der Waals surface area contributed by atoms with E-state index in [9.17, 15) is 0 Å². The summed E-state index contributed by atoms with van der Waals surface area (Å²) < 4.78 is 12.5. The zero-order chi connectivity index (χ0) is 17.8. The van der Waals surface area contributed by atoms with Crippen LogP contribution < -0.4 is 4.43 Å². The maximum absolute atomic E-state index is 7.07. The topological polar surface area (TPSA) is 15.7 Å². The standard InChI is InChI=1S/C21H32N2OSi/c1-6-14-25-22(5)18-12-7-8-13-19(18)23(25)15-16-10-9-11-17(20(16)24-25)21(2,3)4/h6,9-11,18-19H,1,7-8,12-15H2,2-5H3/t18-,19-,25-/m0/s1. The fourth-order valence-corrected chi connectivity index (χ4v) is 9.53. The molecule has 136 valence electrons. The lowest BCUT2D eigenvalue weighted by Crippen LogP contribution is -2.65. The van der Waals surface area contributed by atoms with E-state index in [0.29, 0.717) is 12.1 Å². The van der Waals surface area contributed by atoms with Crippen LogP contribution in [-0.2, 0) is 12.0 Å². The normalized spacial score (nSPS) is 32.5. The third-order valence-corrected chi connectivity index (χ3v) is 10.7. The molecule has 3 atom stereocenters. The van der Waals surface area contributed by atoms with Crippen molar-refractivity contribution in [2.75, 3.05) is 7.05 Å². The Hall–Kier alpha value is -1.10. The highest BCUT2D eigenvalue weighted by molar-refractivity contribution is 6.70. The molecule has 1 aliphatic carbocycles. The first kappa shape index (κ1) is 17.3. The SMILES string of the molecule is C=CC[Si@@]12Oc3c(cccc3C(C)(C)C)CN1[C@H]1CCCC[C@@H]1N2C. The molecule has 0 N–H and O–H groups in total. The fourth-order valence-electron chi connectivity index (χ4n) is 5.26. The minimum Gasteiger partial charge on any atom is -0.517 e. The van der Waals surface area contributed by atoms with Crippen LogP contribution in [0.15, 0.2) is 30.9 Å². The Balaban J connectivity index is 1.83. The molecule has 1 aromatic carbocycles. The van der Waals surface area contributed by atoms with Gasteiger partial charge in [-0.15, -0.1) is 6.58 Å². The largest absolute Gasteiger partial charge is 0.517 e. The van der Waals surface area contributed by atoms with Crippen molar-refractivity contribution in [2.45, 2.75) is 76.5 Å². The van der Waals surface area contributed by atoms with Crippen molar-refractivity contribution in [3.05, 3.63) is 42.0 Å². The van der Waals surface area contributed by atoms with Gasteiger partial charge in [-0.25, -0.2) is 0 Å². The highest BCUT2D eigenvalue weighted by atomic mass is 28.4. The van der Waals surface area contributed by atoms with Crippen LogP contribution in [0, 0.1) is 0 Å². The summed E-state index contributed by atoms with van der Waals surface area (Å²) in [5, 5.41) is 0. The maximum Gasteiger partial charge on any atom is 0.423 e. The Bertz CT molecular complexity index is 683. The van der Waals surface area contributed by atoms with Crippen LogP contribution in [0.25, 0.3) is 0 Å². The van der Waals surface area contributed by atoms with Gasteiger partial charge >= 0.3 is 8.64 Å². The van der Waals surface area contributed by atoms with Crippen molar-refractivity contribution >= 4 is 8.64 Å². The molecule has 0 aromatic heterocycles. The van der Waals surface area contributed by atoms with E-state index in [2.05, 4.69) is 67.8 Å². The summed E-state index contributed by atoms with van der Waals surface area (Å²) in [6.45, 7) is 12.0. The van der Waals surface area contributed by atoms with Crippen LogP contribution in [-0.4, -0.2) is 36.9 Å². The van der Waals surface area contributed by atoms with Gasteiger partial charge in [-0.1, -0.05) is 57.9 Å². The molecule has 0 amide bonds. The summed E-state index contributed by atoms with van der Waals surface area (Å²) in [5.74, 6) is 1.17. The second-order valence-corrected chi connectivity index (χ2v) is 12.4. The molecule has 0 radical (unpaired) electrons. The van der Waals surface area contributed by atoms with Crippen molar-refractivity contribution in [2.24, 2.45) is 0 Å². The lowest BCUT2D eigenvalue weighted by Gasteiger charge is -2.45. The predicted octanol–water partition coefficient (Wildman–Crippen LogP) is 4.56. The van der Waals surface area contributed by atoms with Crippen LogP contribution >= 0.6 is 0 Å². The predicted molar refractivity (Wildman–Crippen MR) is 106 cm³/mol. The number of nitrogens with zero attached hydrogens (tertiary/aromatic N) is 2. The van der Waals surface area contributed by atoms with Gasteiger partial charge in [-0.2, -0.15) is 0 Å². The van der Waals surface area contributed by atoms with Crippen LogP contribution in [0.1, 0.15) is 57.6 Å². The first-order chi connectivity index (χ1) is 11.9. The molecule has 0 spiro atoms. The first-order valence-corrected chi connectivity index (χ1v) is 11.8. The second kappa shape index (κ2) is 5.97. The average molecular weight is 357 g/mol. The fraction of sp³-hybridized carbons (Fsp3) is 0.619. The van der Waals surface area contributed by atoms with E-state index >= 15 is 0 Å². The summed E-state index contributed by atoms with van der Waals surface area (Å²) in [6, 6.07) is 9.04. The Kier molecular flexibility index (Phi) is 4.13. The summed E-state index contributed by atoms with van der Waals surface area (Å²) in [6.07, 6.45) is 7.45. The van der Waals surface area contributed by atoms with Gasteiger partial charge in [0, 0.05) is 30.2 Å². The monoisotopic (exact) mass is 356 g/mol. The lowest BCUT2D eigenvalue weighted by molar-refractivity contribution is 0.207. The highest BCUT2D eigenvalue weighted by Gasteiger charge is 2.62. The third-order valence-electron chi connectivity index (χ3n) is 6.51. The molecule has 1 saturated heterocycles. The van der Waals surface area contributed by atoms with E-state index in [1.165, 1.54) is 42.6 Å². The molecule has 25 heavy (non-hydrogen) atoms. The van der Waals surface area contributed by atoms with Crippen molar-refractivity contribution in [1.82, 2.24) is 9.13 Å². The average Bonchev–Trinajstić information content (AvgIpc) is 2.81. The van der Waals surface area contributed by atoms with Gasteiger partial charge in [0.25, 0.3) is 0 Å². The minimum atomic E-state index is -2.19. The molecular weight excluding hydrogens is 324 g/mol. The Morgan fingerprint density at radius 1 is 1.24 bits per heavy atom. The van der Waals surface area contributed by atoms with Crippen molar-refractivity contribution < 1.29 is 4.43 Å². The van der Waals surface area contributed by atoms with Gasteiger partial charge in [-0.3, -0.25) is 9.13 Å². The van der Waals surface area contributed by atoms with Crippen LogP contribution in [0.2, 0.25) is 6.04 Å². The van der Waals surface area contributed by atoms with Crippen molar-refractivity contribution in [1.29, 1.82) is 0 Å². The van der Waals surface area contributed by atoms with Gasteiger partial charge in [0.15, 0.2) is 0 Å². The van der Waals surface area contributed by atoms with E-state index in [1.807, 2.05) is 0 Å². The molecule has 2 heterocycles. The molecule has 1 saturated carbocycles. The van der Waals surface area contributed by atoms with Gasteiger partial charge in [0.05, 0.1) is 0 Å². The quantitative estimate of drug-likeness (QED) is 0.571. The number of hydrogen-bond acceptors (Lipinski definition) is 3. The smallest absolute Gasteiger partial charge is 0.423 e.